The van der Waals surface area contributed by atoms with Gasteiger partial charge in [-0.05, 0) is 12.5 Å². The Morgan fingerprint density at radius 1 is 1.52 bits per heavy atom. The largest absolute Gasteiger partial charge is 0.477 e. The summed E-state index contributed by atoms with van der Waals surface area (Å²) in [6.45, 7) is 2.00. The third-order valence-electron chi connectivity index (χ3n) is 2.52. The zero-order chi connectivity index (χ0) is 15.4. The molecule has 110 valence electrons. The molecule has 0 radical (unpaired) electrons. The number of ether oxygens (including phenoxy) is 1. The Labute approximate surface area is 123 Å². The van der Waals surface area contributed by atoms with Crippen molar-refractivity contribution in [3.05, 3.63) is 39.7 Å². The van der Waals surface area contributed by atoms with E-state index in [-0.39, 0.29) is 10.9 Å². The van der Waals surface area contributed by atoms with Crippen molar-refractivity contribution in [3.8, 4) is 10.9 Å². The lowest BCUT2D eigenvalue weighted by Gasteiger charge is -2.03. The van der Waals surface area contributed by atoms with Gasteiger partial charge in [0.15, 0.2) is 0 Å². The summed E-state index contributed by atoms with van der Waals surface area (Å²) in [6.07, 6.45) is 1.62. The lowest BCUT2D eigenvalue weighted by atomic mass is 10.2. The van der Waals surface area contributed by atoms with Gasteiger partial charge in [0.1, 0.15) is 17.1 Å². The van der Waals surface area contributed by atoms with Crippen molar-refractivity contribution < 1.29 is 19.6 Å². The lowest BCUT2D eigenvalue weighted by molar-refractivity contribution is -0.385. The molecule has 0 atom stereocenters. The number of nitrogens with zero attached hydrogens (tertiary/aromatic N) is 3. The fraction of sp³-hybridized carbons (Fsp3) is 0.250. The quantitative estimate of drug-likeness (QED) is 0.644. The first-order valence-corrected chi connectivity index (χ1v) is 6.80. The van der Waals surface area contributed by atoms with Gasteiger partial charge in [0.2, 0.25) is 0 Å². The maximum absolute atomic E-state index is 11.0. The summed E-state index contributed by atoms with van der Waals surface area (Å²) < 4.78 is 9.48. The predicted molar refractivity (Wildman–Crippen MR) is 74.0 cm³/mol. The number of carboxylic acid groups (broad SMARTS) is 1. The number of hydrogen-bond donors (Lipinski definition) is 1. The van der Waals surface area contributed by atoms with E-state index in [9.17, 15) is 14.9 Å². The van der Waals surface area contributed by atoms with Crippen LogP contribution in [0.4, 0.5) is 5.69 Å². The number of nitro benzene ring substituents is 1. The topological polar surface area (TPSA) is 115 Å². The number of aromatic nitrogens is 2. The van der Waals surface area contributed by atoms with Crippen molar-refractivity contribution >= 4 is 23.2 Å². The van der Waals surface area contributed by atoms with Crippen LogP contribution in [-0.4, -0.2) is 25.4 Å². The summed E-state index contributed by atoms with van der Waals surface area (Å²) in [5.41, 5.74) is -0.922. The van der Waals surface area contributed by atoms with E-state index in [1.165, 1.54) is 6.07 Å². The van der Waals surface area contributed by atoms with Crippen LogP contribution in [0.25, 0.3) is 0 Å². The zero-order valence-corrected chi connectivity index (χ0v) is 11.8. The molecule has 21 heavy (non-hydrogen) atoms. The van der Waals surface area contributed by atoms with E-state index in [0.717, 1.165) is 36.5 Å². The molecule has 2 aromatic rings. The standard InChI is InChI=1S/C12H11N3O5S/c1-2-3-10-13-12(21-14-10)20-7-4-5-9(15(18)19)8(6-7)11(16)17/h4-6H,2-3H2,1H3,(H,16,17). The zero-order valence-electron chi connectivity index (χ0n) is 11.0. The van der Waals surface area contributed by atoms with Gasteiger partial charge in [-0.25, -0.2) is 4.79 Å². The summed E-state index contributed by atoms with van der Waals surface area (Å²) >= 11 is 1.04. The molecule has 0 spiro atoms. The Morgan fingerprint density at radius 3 is 2.90 bits per heavy atom. The molecule has 0 amide bonds. The van der Waals surface area contributed by atoms with Crippen LogP contribution < -0.4 is 4.74 Å². The summed E-state index contributed by atoms with van der Waals surface area (Å²) in [7, 11) is 0. The van der Waals surface area contributed by atoms with Gasteiger partial charge in [0.05, 0.1) is 4.92 Å². The van der Waals surface area contributed by atoms with Crippen molar-refractivity contribution in [2.45, 2.75) is 19.8 Å². The van der Waals surface area contributed by atoms with Gasteiger partial charge in [0.25, 0.3) is 10.9 Å². The SMILES string of the molecule is CCCc1nsc(Oc2ccc([N+](=O)[O-])c(C(=O)O)c2)n1. The molecule has 1 N–H and O–H groups in total. The fourth-order valence-corrected chi connectivity index (χ4v) is 2.21. The molecule has 0 fully saturated rings. The van der Waals surface area contributed by atoms with E-state index < -0.39 is 22.1 Å². The van der Waals surface area contributed by atoms with Gasteiger partial charge >= 0.3 is 5.97 Å². The van der Waals surface area contributed by atoms with E-state index in [1.54, 1.807) is 0 Å². The van der Waals surface area contributed by atoms with Crippen LogP contribution in [0.5, 0.6) is 10.9 Å². The van der Waals surface area contributed by atoms with Crippen LogP contribution in [0.3, 0.4) is 0 Å². The number of nitro groups is 1. The molecule has 9 heteroatoms. The Bertz CT molecular complexity index is 685. The van der Waals surface area contributed by atoms with E-state index in [2.05, 4.69) is 9.36 Å². The molecule has 0 aliphatic heterocycles. The van der Waals surface area contributed by atoms with Crippen molar-refractivity contribution in [1.82, 2.24) is 9.36 Å². The molecule has 0 bridgehead atoms. The average Bonchev–Trinajstić information content (AvgIpc) is 2.86. The van der Waals surface area contributed by atoms with Crippen LogP contribution in [0, 0.1) is 10.1 Å². The van der Waals surface area contributed by atoms with Crippen LogP contribution in [0.1, 0.15) is 29.5 Å². The summed E-state index contributed by atoms with van der Waals surface area (Å²) in [5, 5.41) is 20.0. The molecule has 1 heterocycles. The van der Waals surface area contributed by atoms with Crippen molar-refractivity contribution in [3.63, 3.8) is 0 Å². The maximum Gasteiger partial charge on any atom is 0.342 e. The molecule has 1 aromatic carbocycles. The van der Waals surface area contributed by atoms with Gasteiger partial charge in [0, 0.05) is 30.1 Å². The highest BCUT2D eigenvalue weighted by Crippen LogP contribution is 2.28. The first kappa shape index (κ1) is 14.9. The Balaban J connectivity index is 2.25. The van der Waals surface area contributed by atoms with Crippen LogP contribution in [0.15, 0.2) is 18.2 Å². The van der Waals surface area contributed by atoms with E-state index in [0.29, 0.717) is 5.82 Å². The maximum atomic E-state index is 11.0. The minimum absolute atomic E-state index is 0.164. The smallest absolute Gasteiger partial charge is 0.342 e. The van der Waals surface area contributed by atoms with Crippen molar-refractivity contribution in [2.75, 3.05) is 0 Å². The second-order valence-electron chi connectivity index (χ2n) is 4.07. The molecule has 0 unspecified atom stereocenters. The summed E-state index contributed by atoms with van der Waals surface area (Å²) in [6, 6.07) is 3.51. The van der Waals surface area contributed by atoms with Gasteiger partial charge in [-0.1, -0.05) is 6.92 Å². The molecule has 2 rings (SSSR count). The second-order valence-corrected chi connectivity index (χ2v) is 4.78. The number of rotatable bonds is 6. The minimum Gasteiger partial charge on any atom is -0.477 e. The fourth-order valence-electron chi connectivity index (χ4n) is 1.61. The molecule has 0 aliphatic carbocycles. The van der Waals surface area contributed by atoms with Crippen LogP contribution in [-0.2, 0) is 6.42 Å². The van der Waals surface area contributed by atoms with E-state index >= 15 is 0 Å². The first-order valence-electron chi connectivity index (χ1n) is 6.03. The van der Waals surface area contributed by atoms with Gasteiger partial charge in [-0.3, -0.25) is 10.1 Å². The monoisotopic (exact) mass is 309 g/mol. The normalized spacial score (nSPS) is 10.3. The molecular weight excluding hydrogens is 298 g/mol. The number of hydrogen-bond acceptors (Lipinski definition) is 7. The summed E-state index contributed by atoms with van der Waals surface area (Å²) in [5.74, 6) is -0.578. The number of benzene rings is 1. The number of aryl methyl sites for hydroxylation is 1. The van der Waals surface area contributed by atoms with Gasteiger partial charge in [-0.15, -0.1) is 0 Å². The Hall–Kier alpha value is -2.55. The highest BCUT2D eigenvalue weighted by Gasteiger charge is 2.21. The highest BCUT2D eigenvalue weighted by molar-refractivity contribution is 7.07. The number of carboxylic acids is 1. The minimum atomic E-state index is -1.39. The van der Waals surface area contributed by atoms with Crippen LogP contribution in [0.2, 0.25) is 0 Å². The van der Waals surface area contributed by atoms with Crippen molar-refractivity contribution in [2.24, 2.45) is 0 Å². The third-order valence-corrected chi connectivity index (χ3v) is 3.16. The first-order chi connectivity index (χ1) is 10.0. The summed E-state index contributed by atoms with van der Waals surface area (Å²) in [4.78, 5) is 25.2. The Morgan fingerprint density at radius 2 is 2.29 bits per heavy atom. The Kier molecular flexibility index (Phi) is 4.43. The van der Waals surface area contributed by atoms with Crippen molar-refractivity contribution in [1.29, 1.82) is 0 Å². The molecule has 8 nitrogen and oxygen atoms in total. The third kappa shape index (κ3) is 3.51. The number of aromatic carboxylic acids is 1. The molecule has 0 saturated carbocycles. The molecule has 0 aliphatic rings. The van der Waals surface area contributed by atoms with Gasteiger partial charge in [-0.2, -0.15) is 9.36 Å². The van der Waals surface area contributed by atoms with Crippen LogP contribution >= 0.6 is 11.5 Å². The molecule has 1 aromatic heterocycles. The second kappa shape index (κ2) is 6.27. The van der Waals surface area contributed by atoms with E-state index in [1.807, 2.05) is 6.92 Å². The average molecular weight is 309 g/mol. The molecular formula is C12H11N3O5S. The highest BCUT2D eigenvalue weighted by atomic mass is 32.1. The predicted octanol–water partition coefficient (Wildman–Crippen LogP) is 2.89. The van der Waals surface area contributed by atoms with E-state index in [4.69, 9.17) is 9.84 Å². The lowest BCUT2D eigenvalue weighted by Crippen LogP contribution is -2.02. The number of carbonyl (C=O) groups is 1. The van der Waals surface area contributed by atoms with Gasteiger partial charge < -0.3 is 9.84 Å². The molecule has 0 saturated heterocycles.